The normalized spacial score (nSPS) is 13.5. The van der Waals surface area contributed by atoms with Crippen molar-refractivity contribution in [2.24, 2.45) is 11.7 Å². The molecule has 0 fully saturated rings. The Hall–Kier alpha value is -1.98. The van der Waals surface area contributed by atoms with E-state index in [1.807, 2.05) is 19.1 Å². The summed E-state index contributed by atoms with van der Waals surface area (Å²) in [5.41, 5.74) is 7.24. The van der Waals surface area contributed by atoms with Gasteiger partial charge < -0.3 is 10.6 Å². The van der Waals surface area contributed by atoms with Gasteiger partial charge in [-0.2, -0.15) is 0 Å². The molecule has 6 heteroatoms. The van der Waals surface area contributed by atoms with Gasteiger partial charge in [-0.3, -0.25) is 14.8 Å². The highest BCUT2D eigenvalue weighted by Gasteiger charge is 2.27. The van der Waals surface area contributed by atoms with Crippen LogP contribution in [0.5, 0.6) is 0 Å². The Labute approximate surface area is 135 Å². The number of carbonyl (C=O) groups is 1. The number of nitrogens with two attached hydrogens (primary N) is 1. The minimum absolute atomic E-state index is 0.0342. The van der Waals surface area contributed by atoms with Crippen LogP contribution in [0.15, 0.2) is 42.9 Å². The van der Waals surface area contributed by atoms with E-state index in [9.17, 15) is 4.79 Å². The molecule has 0 bridgehead atoms. The maximum absolute atomic E-state index is 12.5. The van der Waals surface area contributed by atoms with Crippen molar-refractivity contribution in [2.45, 2.75) is 13.0 Å². The van der Waals surface area contributed by atoms with Crippen LogP contribution in [0, 0.1) is 5.92 Å². The summed E-state index contributed by atoms with van der Waals surface area (Å²) in [6.07, 6.45) is 4.88. The predicted molar refractivity (Wildman–Crippen MR) is 86.3 cm³/mol. The Bertz CT molecular complexity index is 618. The predicted octanol–water partition coefficient (Wildman–Crippen LogP) is 2.27. The zero-order valence-electron chi connectivity index (χ0n) is 12.6. The number of benzene rings is 1. The van der Waals surface area contributed by atoms with Crippen LogP contribution < -0.4 is 5.73 Å². The van der Waals surface area contributed by atoms with Gasteiger partial charge in [0.05, 0.1) is 11.9 Å². The van der Waals surface area contributed by atoms with Crippen LogP contribution >= 0.6 is 11.6 Å². The molecule has 116 valence electrons. The first kappa shape index (κ1) is 16.4. The van der Waals surface area contributed by atoms with Gasteiger partial charge >= 0.3 is 0 Å². The van der Waals surface area contributed by atoms with Gasteiger partial charge in [0, 0.05) is 36.9 Å². The van der Waals surface area contributed by atoms with Gasteiger partial charge in [0.2, 0.25) is 5.91 Å². The van der Waals surface area contributed by atoms with Crippen LogP contribution in [0.1, 0.15) is 24.2 Å². The van der Waals surface area contributed by atoms with E-state index in [0.29, 0.717) is 17.3 Å². The topological polar surface area (TPSA) is 72.1 Å². The smallest absolute Gasteiger partial charge is 0.227 e. The highest BCUT2D eigenvalue weighted by molar-refractivity contribution is 6.30. The Balaban J connectivity index is 2.42. The Morgan fingerprint density at radius 2 is 2.00 bits per heavy atom. The van der Waals surface area contributed by atoms with Crippen LogP contribution in [0.3, 0.4) is 0 Å². The highest BCUT2D eigenvalue weighted by Crippen LogP contribution is 2.27. The van der Waals surface area contributed by atoms with E-state index >= 15 is 0 Å². The Morgan fingerprint density at radius 3 is 2.55 bits per heavy atom. The summed E-state index contributed by atoms with van der Waals surface area (Å²) in [6.45, 7) is 2.12. The second-order valence-corrected chi connectivity index (χ2v) is 5.61. The minimum atomic E-state index is -0.326. The van der Waals surface area contributed by atoms with Crippen LogP contribution in [0.2, 0.25) is 5.02 Å². The number of aromatic nitrogens is 2. The lowest BCUT2D eigenvalue weighted by molar-refractivity contribution is -0.134. The number of nitrogens with zero attached hydrogens (tertiary/aromatic N) is 3. The van der Waals surface area contributed by atoms with Crippen LogP contribution in [-0.4, -0.2) is 34.4 Å². The van der Waals surface area contributed by atoms with Gasteiger partial charge in [0.25, 0.3) is 0 Å². The fraction of sp³-hybridized carbons (Fsp3) is 0.312. The van der Waals surface area contributed by atoms with Crippen molar-refractivity contribution in [3.8, 4) is 0 Å². The molecular formula is C16H19ClN4O. The standard InChI is InChI=1S/C16H19ClN4O/c1-11(9-18)16(22)21(2)15(14-10-19-7-8-20-14)12-3-5-13(17)6-4-12/h3-8,10-11,15H,9,18H2,1-2H3. The van der Waals surface area contributed by atoms with Crippen molar-refractivity contribution in [1.29, 1.82) is 0 Å². The molecule has 0 spiro atoms. The molecule has 1 amide bonds. The zero-order valence-corrected chi connectivity index (χ0v) is 13.4. The summed E-state index contributed by atoms with van der Waals surface area (Å²) in [6, 6.07) is 7.04. The third-order valence-electron chi connectivity index (χ3n) is 3.56. The maximum Gasteiger partial charge on any atom is 0.227 e. The van der Waals surface area contributed by atoms with Crippen LogP contribution in [0.25, 0.3) is 0 Å². The van der Waals surface area contributed by atoms with Crippen LogP contribution in [0.4, 0.5) is 0 Å². The first-order chi connectivity index (χ1) is 10.5. The molecule has 0 radical (unpaired) electrons. The van der Waals surface area contributed by atoms with E-state index < -0.39 is 0 Å². The molecule has 2 unspecified atom stereocenters. The number of carbonyl (C=O) groups excluding carboxylic acids is 1. The van der Waals surface area contributed by atoms with Crippen molar-refractivity contribution >= 4 is 17.5 Å². The molecule has 1 aromatic heterocycles. The van der Waals surface area contributed by atoms with E-state index in [2.05, 4.69) is 9.97 Å². The molecule has 0 saturated carbocycles. The van der Waals surface area contributed by atoms with E-state index in [0.717, 1.165) is 5.56 Å². The van der Waals surface area contributed by atoms with E-state index in [1.165, 1.54) is 0 Å². The van der Waals surface area contributed by atoms with Crippen molar-refractivity contribution in [2.75, 3.05) is 13.6 Å². The summed E-state index contributed by atoms with van der Waals surface area (Å²) in [5, 5.41) is 0.644. The molecule has 1 heterocycles. The summed E-state index contributed by atoms with van der Waals surface area (Å²) in [7, 11) is 1.75. The van der Waals surface area contributed by atoms with Gasteiger partial charge in [0.1, 0.15) is 6.04 Å². The highest BCUT2D eigenvalue weighted by atomic mass is 35.5. The molecule has 2 rings (SSSR count). The van der Waals surface area contributed by atoms with Crippen molar-refractivity contribution in [1.82, 2.24) is 14.9 Å². The fourth-order valence-electron chi connectivity index (χ4n) is 2.27. The average Bonchev–Trinajstić information content (AvgIpc) is 2.56. The van der Waals surface area contributed by atoms with Gasteiger partial charge in [-0.05, 0) is 17.7 Å². The Kier molecular flexibility index (Phi) is 5.46. The summed E-state index contributed by atoms with van der Waals surface area (Å²) in [4.78, 5) is 22.6. The second-order valence-electron chi connectivity index (χ2n) is 5.17. The van der Waals surface area contributed by atoms with E-state index in [4.69, 9.17) is 17.3 Å². The van der Waals surface area contributed by atoms with E-state index in [-0.39, 0.29) is 17.9 Å². The molecule has 0 aliphatic carbocycles. The molecule has 2 atom stereocenters. The van der Waals surface area contributed by atoms with Crippen LogP contribution in [-0.2, 0) is 4.79 Å². The largest absolute Gasteiger partial charge is 0.333 e. The summed E-state index contributed by atoms with van der Waals surface area (Å²) >= 11 is 5.95. The lowest BCUT2D eigenvalue weighted by Gasteiger charge is -2.30. The quantitative estimate of drug-likeness (QED) is 0.918. The van der Waals surface area contributed by atoms with Gasteiger partial charge in [0.15, 0.2) is 0 Å². The minimum Gasteiger partial charge on any atom is -0.333 e. The lowest BCUT2D eigenvalue weighted by Crippen LogP contribution is -2.38. The summed E-state index contributed by atoms with van der Waals surface area (Å²) in [5.74, 6) is -0.287. The Morgan fingerprint density at radius 1 is 1.32 bits per heavy atom. The van der Waals surface area contributed by atoms with Crippen molar-refractivity contribution in [3.05, 3.63) is 59.1 Å². The molecule has 0 aliphatic rings. The molecule has 22 heavy (non-hydrogen) atoms. The van der Waals surface area contributed by atoms with E-state index in [1.54, 1.807) is 42.7 Å². The molecule has 5 nitrogen and oxygen atoms in total. The number of amides is 1. The number of hydrogen-bond donors (Lipinski definition) is 1. The van der Waals surface area contributed by atoms with Gasteiger partial charge in [-0.25, -0.2) is 0 Å². The molecule has 2 aromatic rings. The molecule has 1 aromatic carbocycles. The van der Waals surface area contributed by atoms with Gasteiger partial charge in [-0.1, -0.05) is 30.7 Å². The van der Waals surface area contributed by atoms with Gasteiger partial charge in [-0.15, -0.1) is 0 Å². The molecule has 0 saturated heterocycles. The number of hydrogen-bond acceptors (Lipinski definition) is 4. The number of rotatable bonds is 5. The lowest BCUT2D eigenvalue weighted by atomic mass is 10.0. The first-order valence-corrected chi connectivity index (χ1v) is 7.40. The number of halogens is 1. The zero-order chi connectivity index (χ0) is 16.1. The SMILES string of the molecule is CC(CN)C(=O)N(C)C(c1ccc(Cl)cc1)c1cnccn1. The summed E-state index contributed by atoms with van der Waals surface area (Å²) < 4.78 is 0. The average molecular weight is 319 g/mol. The third kappa shape index (κ3) is 3.61. The maximum atomic E-state index is 12.5. The molecule has 2 N–H and O–H groups in total. The molecular weight excluding hydrogens is 300 g/mol. The van der Waals surface area contributed by atoms with Crippen molar-refractivity contribution in [3.63, 3.8) is 0 Å². The fourth-order valence-corrected chi connectivity index (χ4v) is 2.39. The first-order valence-electron chi connectivity index (χ1n) is 7.02. The second kappa shape index (κ2) is 7.33. The third-order valence-corrected chi connectivity index (χ3v) is 3.81. The molecule has 0 aliphatic heterocycles. The monoisotopic (exact) mass is 318 g/mol. The van der Waals surface area contributed by atoms with Crippen molar-refractivity contribution < 1.29 is 4.79 Å².